The van der Waals surface area contributed by atoms with E-state index in [2.05, 4.69) is 6.92 Å². The van der Waals surface area contributed by atoms with Crippen molar-refractivity contribution >= 4 is 5.97 Å². The molecular formula is C11H22O3. The fraction of sp³-hybridized carbons (Fsp3) is 0.909. The molecule has 0 spiro atoms. The maximum absolute atomic E-state index is 10.2. The maximum atomic E-state index is 10.2. The van der Waals surface area contributed by atoms with Crippen LogP contribution in [0.5, 0.6) is 0 Å². The number of aliphatic hydroxyl groups excluding tert-OH is 1. The lowest BCUT2D eigenvalue weighted by Crippen LogP contribution is -2.12. The molecule has 3 heteroatoms. The Kier molecular flexibility index (Phi) is 8.64. The van der Waals surface area contributed by atoms with Crippen LogP contribution in [0.4, 0.5) is 0 Å². The fourth-order valence-corrected chi connectivity index (χ4v) is 1.46. The number of carboxylic acid groups (broad SMARTS) is 1. The van der Waals surface area contributed by atoms with Gasteiger partial charge in [-0.1, -0.05) is 45.4 Å². The van der Waals surface area contributed by atoms with Gasteiger partial charge in [0.1, 0.15) is 0 Å². The third kappa shape index (κ3) is 9.52. The molecule has 0 fully saturated rings. The maximum Gasteiger partial charge on any atom is 0.305 e. The lowest BCUT2D eigenvalue weighted by molar-refractivity contribution is -0.139. The van der Waals surface area contributed by atoms with Crippen molar-refractivity contribution in [3.63, 3.8) is 0 Å². The van der Waals surface area contributed by atoms with Gasteiger partial charge in [-0.3, -0.25) is 4.79 Å². The predicted octanol–water partition coefficient (Wildman–Crippen LogP) is 2.57. The first-order chi connectivity index (χ1) is 6.66. The second-order valence-corrected chi connectivity index (χ2v) is 3.81. The minimum atomic E-state index is -0.913. The van der Waals surface area contributed by atoms with E-state index in [0.29, 0.717) is 6.42 Å². The second kappa shape index (κ2) is 9.00. The summed E-state index contributed by atoms with van der Waals surface area (Å²) >= 11 is 0. The van der Waals surface area contributed by atoms with Crippen molar-refractivity contribution in [2.75, 3.05) is 0 Å². The van der Waals surface area contributed by atoms with Crippen molar-refractivity contribution in [1.82, 2.24) is 0 Å². The summed E-state index contributed by atoms with van der Waals surface area (Å²) < 4.78 is 0. The van der Waals surface area contributed by atoms with E-state index in [9.17, 15) is 9.90 Å². The van der Waals surface area contributed by atoms with Gasteiger partial charge in [0.2, 0.25) is 0 Å². The zero-order valence-electron chi connectivity index (χ0n) is 9.04. The Morgan fingerprint density at radius 2 is 1.71 bits per heavy atom. The molecule has 0 aromatic rings. The van der Waals surface area contributed by atoms with Crippen LogP contribution >= 0.6 is 0 Å². The number of rotatable bonds is 9. The van der Waals surface area contributed by atoms with Crippen molar-refractivity contribution in [2.24, 2.45) is 0 Å². The van der Waals surface area contributed by atoms with Gasteiger partial charge < -0.3 is 10.2 Å². The Hall–Kier alpha value is -0.570. The fourth-order valence-electron chi connectivity index (χ4n) is 1.46. The monoisotopic (exact) mass is 202 g/mol. The van der Waals surface area contributed by atoms with E-state index in [-0.39, 0.29) is 6.42 Å². The van der Waals surface area contributed by atoms with E-state index >= 15 is 0 Å². The molecule has 2 N–H and O–H groups in total. The van der Waals surface area contributed by atoms with Crippen molar-refractivity contribution in [3.05, 3.63) is 0 Å². The molecule has 0 radical (unpaired) electrons. The third-order valence-electron chi connectivity index (χ3n) is 2.30. The van der Waals surface area contributed by atoms with E-state index < -0.39 is 12.1 Å². The summed E-state index contributed by atoms with van der Waals surface area (Å²) in [5.41, 5.74) is 0. The van der Waals surface area contributed by atoms with Gasteiger partial charge in [0.15, 0.2) is 0 Å². The number of unbranched alkanes of at least 4 members (excludes halogenated alkanes) is 5. The van der Waals surface area contributed by atoms with Crippen molar-refractivity contribution in [3.8, 4) is 0 Å². The molecule has 0 heterocycles. The van der Waals surface area contributed by atoms with Crippen LogP contribution in [0, 0.1) is 0 Å². The highest BCUT2D eigenvalue weighted by molar-refractivity contribution is 5.67. The second-order valence-electron chi connectivity index (χ2n) is 3.81. The number of aliphatic carboxylic acids is 1. The zero-order chi connectivity index (χ0) is 10.8. The Bertz CT molecular complexity index is 145. The molecule has 3 nitrogen and oxygen atoms in total. The molecule has 0 unspecified atom stereocenters. The summed E-state index contributed by atoms with van der Waals surface area (Å²) in [4.78, 5) is 10.2. The van der Waals surface area contributed by atoms with Crippen LogP contribution in [0.2, 0.25) is 0 Å². The molecule has 0 bridgehead atoms. The first kappa shape index (κ1) is 13.4. The number of hydrogen-bond donors (Lipinski definition) is 2. The van der Waals surface area contributed by atoms with Gasteiger partial charge in [-0.25, -0.2) is 0 Å². The van der Waals surface area contributed by atoms with Gasteiger partial charge in [0.25, 0.3) is 0 Å². The molecule has 84 valence electrons. The number of carbonyl (C=O) groups is 1. The topological polar surface area (TPSA) is 57.5 Å². The van der Waals surface area contributed by atoms with Gasteiger partial charge in [-0.15, -0.1) is 0 Å². The SMILES string of the molecule is CCCCCCCC[C@@H](O)CC(=O)O. The predicted molar refractivity (Wildman–Crippen MR) is 56.3 cm³/mol. The molecule has 0 aromatic carbocycles. The lowest BCUT2D eigenvalue weighted by Gasteiger charge is -2.06. The summed E-state index contributed by atoms with van der Waals surface area (Å²) in [6, 6.07) is 0. The quantitative estimate of drug-likeness (QED) is 0.565. The summed E-state index contributed by atoms with van der Waals surface area (Å²) in [6.45, 7) is 2.18. The van der Waals surface area contributed by atoms with Crippen LogP contribution in [0.1, 0.15) is 58.3 Å². The van der Waals surface area contributed by atoms with Gasteiger partial charge in [-0.05, 0) is 6.42 Å². The van der Waals surface area contributed by atoms with Crippen LogP contribution in [-0.2, 0) is 4.79 Å². The molecule has 14 heavy (non-hydrogen) atoms. The zero-order valence-corrected chi connectivity index (χ0v) is 9.04. The van der Waals surface area contributed by atoms with Gasteiger partial charge in [0, 0.05) is 0 Å². The van der Waals surface area contributed by atoms with Crippen LogP contribution in [0.15, 0.2) is 0 Å². The molecule has 1 atom stereocenters. The average molecular weight is 202 g/mol. The van der Waals surface area contributed by atoms with E-state index in [1.54, 1.807) is 0 Å². The molecular weight excluding hydrogens is 180 g/mol. The molecule has 0 aliphatic heterocycles. The first-order valence-corrected chi connectivity index (χ1v) is 5.56. The molecule has 0 saturated carbocycles. The summed E-state index contributed by atoms with van der Waals surface area (Å²) in [6.07, 6.45) is 6.87. The van der Waals surface area contributed by atoms with Gasteiger partial charge in [0.05, 0.1) is 12.5 Å². The van der Waals surface area contributed by atoms with E-state index in [0.717, 1.165) is 12.8 Å². The van der Waals surface area contributed by atoms with Crippen molar-refractivity contribution < 1.29 is 15.0 Å². The number of hydrogen-bond acceptors (Lipinski definition) is 2. The summed E-state index contributed by atoms with van der Waals surface area (Å²) in [5.74, 6) is -0.913. The van der Waals surface area contributed by atoms with E-state index in [1.807, 2.05) is 0 Å². The van der Waals surface area contributed by atoms with Crippen molar-refractivity contribution in [2.45, 2.75) is 64.4 Å². The van der Waals surface area contributed by atoms with E-state index in [1.165, 1.54) is 25.7 Å². The molecule has 0 aliphatic rings. The Morgan fingerprint density at radius 3 is 2.29 bits per heavy atom. The van der Waals surface area contributed by atoms with E-state index in [4.69, 9.17) is 5.11 Å². The molecule has 0 aliphatic carbocycles. The highest BCUT2D eigenvalue weighted by Crippen LogP contribution is 2.09. The van der Waals surface area contributed by atoms with Gasteiger partial charge >= 0.3 is 5.97 Å². The minimum Gasteiger partial charge on any atom is -0.481 e. The van der Waals surface area contributed by atoms with Crippen molar-refractivity contribution in [1.29, 1.82) is 0 Å². The van der Waals surface area contributed by atoms with Crippen LogP contribution in [0.25, 0.3) is 0 Å². The Morgan fingerprint density at radius 1 is 1.14 bits per heavy atom. The largest absolute Gasteiger partial charge is 0.481 e. The van der Waals surface area contributed by atoms with Crippen LogP contribution < -0.4 is 0 Å². The number of carboxylic acids is 1. The normalized spacial score (nSPS) is 12.7. The molecule has 0 saturated heterocycles. The van der Waals surface area contributed by atoms with Crippen LogP contribution in [0.3, 0.4) is 0 Å². The molecule has 0 aromatic heterocycles. The third-order valence-corrected chi connectivity index (χ3v) is 2.30. The molecule has 0 rings (SSSR count). The summed E-state index contributed by atoms with van der Waals surface area (Å²) in [5, 5.41) is 17.6. The Labute approximate surface area is 86.1 Å². The molecule has 0 amide bonds. The lowest BCUT2D eigenvalue weighted by atomic mass is 10.1. The smallest absolute Gasteiger partial charge is 0.305 e. The standard InChI is InChI=1S/C11H22O3/c1-2-3-4-5-6-7-8-10(12)9-11(13)14/h10,12H,2-9H2,1H3,(H,13,14)/t10-/m1/s1. The van der Waals surface area contributed by atoms with Gasteiger partial charge in [-0.2, -0.15) is 0 Å². The van der Waals surface area contributed by atoms with Crippen LogP contribution in [-0.4, -0.2) is 22.3 Å². The highest BCUT2D eigenvalue weighted by Gasteiger charge is 2.08. The minimum absolute atomic E-state index is 0.116. The summed E-state index contributed by atoms with van der Waals surface area (Å²) in [7, 11) is 0. The Balaban J connectivity index is 3.14. The first-order valence-electron chi connectivity index (χ1n) is 5.56. The average Bonchev–Trinajstić information content (AvgIpc) is 2.10. The highest BCUT2D eigenvalue weighted by atomic mass is 16.4. The number of aliphatic hydroxyl groups is 1.